The molecule has 1 aromatic carbocycles. The summed E-state index contributed by atoms with van der Waals surface area (Å²) in [5.41, 5.74) is 6.61. The van der Waals surface area contributed by atoms with E-state index >= 15 is 0 Å². The van der Waals surface area contributed by atoms with Gasteiger partial charge >= 0.3 is 0 Å². The molecule has 92 valence electrons. The summed E-state index contributed by atoms with van der Waals surface area (Å²) in [6, 6.07) is 4.76. The minimum Gasteiger partial charge on any atom is -0.398 e. The number of aliphatic hydroxyl groups is 1. The number of nitrogens with two attached hydrogens (primary N) is 1. The van der Waals surface area contributed by atoms with Crippen molar-refractivity contribution in [2.24, 2.45) is 0 Å². The Morgan fingerprint density at radius 3 is 3.06 bits per heavy atom. The summed E-state index contributed by atoms with van der Waals surface area (Å²) in [5, 5.41) is 9.69. The first kappa shape index (κ1) is 12.2. The molecule has 0 spiro atoms. The molecule has 1 heterocycles. The zero-order chi connectivity index (χ0) is 12.4. The lowest BCUT2D eigenvalue weighted by Gasteiger charge is -2.23. The van der Waals surface area contributed by atoms with Crippen molar-refractivity contribution in [1.82, 2.24) is 4.90 Å². The van der Waals surface area contributed by atoms with Crippen LogP contribution in [-0.2, 0) is 0 Å². The molecule has 1 fully saturated rings. The molecule has 4 nitrogen and oxygen atoms in total. The van der Waals surface area contributed by atoms with E-state index in [0.717, 1.165) is 12.8 Å². The second kappa shape index (κ2) is 4.94. The molecular weight excluding hydrogens is 240 g/mol. The number of aliphatic hydroxyl groups excluding tert-OH is 1. The average Bonchev–Trinajstić information content (AvgIpc) is 2.79. The van der Waals surface area contributed by atoms with Gasteiger partial charge in [-0.1, -0.05) is 11.6 Å². The maximum Gasteiger partial charge on any atom is 0.256 e. The van der Waals surface area contributed by atoms with Crippen LogP contribution in [0.15, 0.2) is 18.2 Å². The highest BCUT2D eigenvalue weighted by Gasteiger charge is 2.29. The predicted molar refractivity (Wildman–Crippen MR) is 67.0 cm³/mol. The van der Waals surface area contributed by atoms with Gasteiger partial charge in [0.05, 0.1) is 18.2 Å². The lowest BCUT2D eigenvalue weighted by atomic mass is 10.1. The first-order valence-corrected chi connectivity index (χ1v) is 5.98. The van der Waals surface area contributed by atoms with Crippen molar-refractivity contribution in [2.45, 2.75) is 18.9 Å². The summed E-state index contributed by atoms with van der Waals surface area (Å²) < 4.78 is 0. The SMILES string of the molecule is Nc1ccc(Cl)cc1C(=O)N1CCCC1CO. The molecule has 0 aliphatic carbocycles. The third-order valence-corrected chi connectivity index (χ3v) is 3.33. The number of carbonyl (C=O) groups is 1. The zero-order valence-corrected chi connectivity index (χ0v) is 10.2. The second-order valence-corrected chi connectivity index (χ2v) is 4.65. The fourth-order valence-corrected chi connectivity index (χ4v) is 2.33. The van der Waals surface area contributed by atoms with Gasteiger partial charge in [-0.3, -0.25) is 4.79 Å². The molecule has 0 bridgehead atoms. The number of nitrogen functional groups attached to an aromatic ring is 1. The van der Waals surface area contributed by atoms with Crippen LogP contribution in [0.3, 0.4) is 0 Å². The van der Waals surface area contributed by atoms with E-state index in [0.29, 0.717) is 22.8 Å². The number of likely N-dealkylation sites (tertiary alicyclic amines) is 1. The number of benzene rings is 1. The van der Waals surface area contributed by atoms with Crippen molar-refractivity contribution < 1.29 is 9.90 Å². The molecule has 1 amide bonds. The Labute approximate surface area is 105 Å². The lowest BCUT2D eigenvalue weighted by Crippen LogP contribution is -2.37. The maximum absolute atomic E-state index is 12.3. The van der Waals surface area contributed by atoms with E-state index in [1.165, 1.54) is 0 Å². The third kappa shape index (κ3) is 2.37. The Bertz CT molecular complexity index is 437. The van der Waals surface area contributed by atoms with Gasteiger partial charge < -0.3 is 15.7 Å². The number of rotatable bonds is 2. The van der Waals surface area contributed by atoms with Gasteiger partial charge in [0.25, 0.3) is 5.91 Å². The smallest absolute Gasteiger partial charge is 0.256 e. The Kier molecular flexibility index (Phi) is 3.54. The van der Waals surface area contributed by atoms with Crippen LogP contribution in [0, 0.1) is 0 Å². The van der Waals surface area contributed by atoms with Gasteiger partial charge in [-0.15, -0.1) is 0 Å². The molecule has 3 N–H and O–H groups in total. The molecule has 2 rings (SSSR count). The van der Waals surface area contributed by atoms with E-state index in [1.807, 2.05) is 0 Å². The fraction of sp³-hybridized carbons (Fsp3) is 0.417. The molecule has 5 heteroatoms. The highest BCUT2D eigenvalue weighted by atomic mass is 35.5. The molecule has 1 aromatic rings. The van der Waals surface area contributed by atoms with Crippen LogP contribution in [0.4, 0.5) is 5.69 Å². The predicted octanol–water partition coefficient (Wildman–Crippen LogP) is 1.52. The summed E-state index contributed by atoms with van der Waals surface area (Å²) in [6.45, 7) is 0.655. The molecule has 1 atom stereocenters. The maximum atomic E-state index is 12.3. The molecule has 1 aliphatic rings. The van der Waals surface area contributed by atoms with E-state index in [-0.39, 0.29) is 18.6 Å². The van der Waals surface area contributed by atoms with Gasteiger partial charge in [0.2, 0.25) is 0 Å². The van der Waals surface area contributed by atoms with Crippen molar-refractivity contribution in [3.63, 3.8) is 0 Å². The molecule has 1 aliphatic heterocycles. The second-order valence-electron chi connectivity index (χ2n) is 4.21. The summed E-state index contributed by atoms with van der Waals surface area (Å²) in [5.74, 6) is -0.151. The van der Waals surface area contributed by atoms with Crippen molar-refractivity contribution in [3.05, 3.63) is 28.8 Å². The fourth-order valence-electron chi connectivity index (χ4n) is 2.16. The van der Waals surface area contributed by atoms with Crippen molar-refractivity contribution in [1.29, 1.82) is 0 Å². The number of halogens is 1. The van der Waals surface area contributed by atoms with Gasteiger partial charge in [-0.25, -0.2) is 0 Å². The van der Waals surface area contributed by atoms with E-state index in [9.17, 15) is 9.90 Å². The van der Waals surface area contributed by atoms with E-state index in [4.69, 9.17) is 17.3 Å². The molecule has 0 saturated carbocycles. The largest absolute Gasteiger partial charge is 0.398 e. The van der Waals surface area contributed by atoms with E-state index in [1.54, 1.807) is 23.1 Å². The minimum atomic E-state index is -0.151. The average molecular weight is 255 g/mol. The van der Waals surface area contributed by atoms with Crippen LogP contribution in [0.1, 0.15) is 23.2 Å². The molecular formula is C12H15ClN2O2. The Hall–Kier alpha value is -1.26. The third-order valence-electron chi connectivity index (χ3n) is 3.09. The van der Waals surface area contributed by atoms with Crippen molar-refractivity contribution in [2.75, 3.05) is 18.9 Å². The quantitative estimate of drug-likeness (QED) is 0.787. The number of hydrogen-bond donors (Lipinski definition) is 2. The van der Waals surface area contributed by atoms with Crippen molar-refractivity contribution in [3.8, 4) is 0 Å². The first-order chi connectivity index (χ1) is 8.13. The number of amides is 1. The summed E-state index contributed by atoms with van der Waals surface area (Å²) in [4.78, 5) is 13.9. The monoisotopic (exact) mass is 254 g/mol. The topological polar surface area (TPSA) is 66.6 Å². The lowest BCUT2D eigenvalue weighted by molar-refractivity contribution is 0.0678. The summed E-state index contributed by atoms with van der Waals surface area (Å²) >= 11 is 5.86. The highest BCUT2D eigenvalue weighted by Crippen LogP contribution is 2.24. The molecule has 0 aromatic heterocycles. The molecule has 1 saturated heterocycles. The van der Waals surface area contributed by atoms with Crippen LogP contribution < -0.4 is 5.73 Å². The van der Waals surface area contributed by atoms with E-state index in [2.05, 4.69) is 0 Å². The van der Waals surface area contributed by atoms with Gasteiger partial charge in [-0.05, 0) is 31.0 Å². The number of hydrogen-bond acceptors (Lipinski definition) is 3. The normalized spacial score (nSPS) is 19.6. The van der Waals surface area contributed by atoms with Crippen molar-refractivity contribution >= 4 is 23.2 Å². The Morgan fingerprint density at radius 1 is 1.59 bits per heavy atom. The van der Waals surface area contributed by atoms with Gasteiger partial charge in [-0.2, -0.15) is 0 Å². The summed E-state index contributed by atoms with van der Waals surface area (Å²) in [7, 11) is 0. The molecule has 1 unspecified atom stereocenters. The first-order valence-electron chi connectivity index (χ1n) is 5.60. The van der Waals surface area contributed by atoms with Crippen LogP contribution in [0.2, 0.25) is 5.02 Å². The van der Waals surface area contributed by atoms with Gasteiger partial charge in [0.15, 0.2) is 0 Å². The van der Waals surface area contributed by atoms with Gasteiger partial charge in [0.1, 0.15) is 0 Å². The molecule has 0 radical (unpaired) electrons. The van der Waals surface area contributed by atoms with Crippen LogP contribution in [0.5, 0.6) is 0 Å². The van der Waals surface area contributed by atoms with Crippen LogP contribution in [-0.4, -0.2) is 35.1 Å². The standard InChI is InChI=1S/C12H15ClN2O2/c13-8-3-4-11(14)10(6-8)12(17)15-5-1-2-9(15)7-16/h3-4,6,9,16H,1-2,5,7,14H2. The Morgan fingerprint density at radius 2 is 2.35 bits per heavy atom. The zero-order valence-electron chi connectivity index (χ0n) is 9.40. The number of nitrogens with zero attached hydrogens (tertiary/aromatic N) is 1. The minimum absolute atomic E-state index is 0.00773. The highest BCUT2D eigenvalue weighted by molar-refractivity contribution is 6.31. The van der Waals surface area contributed by atoms with E-state index < -0.39 is 0 Å². The molecule has 17 heavy (non-hydrogen) atoms. The van der Waals surface area contributed by atoms with Crippen LogP contribution >= 0.6 is 11.6 Å². The van der Waals surface area contributed by atoms with Gasteiger partial charge in [0, 0.05) is 17.3 Å². The van der Waals surface area contributed by atoms with Crippen LogP contribution in [0.25, 0.3) is 0 Å². The summed E-state index contributed by atoms with van der Waals surface area (Å²) in [6.07, 6.45) is 1.75. The Balaban J connectivity index is 2.27. The number of carbonyl (C=O) groups excluding carboxylic acids is 1. The number of anilines is 1.